The standard InChI is InChI=1S/C9H13N.CH2O3/c1-2-3-6-9-7-4-5-8-10-9;2-1(3)4/h4-5,7-8H,2-3,6H2,1H3;(H2,2,3,4). The van der Waals surface area contributed by atoms with Crippen LogP contribution in [0.3, 0.4) is 0 Å². The number of pyridine rings is 1. The third-order valence-electron chi connectivity index (χ3n) is 1.51. The minimum atomic E-state index is -1.83. The van der Waals surface area contributed by atoms with Crippen LogP contribution >= 0.6 is 0 Å². The van der Waals surface area contributed by atoms with Crippen LogP contribution < -0.4 is 0 Å². The average Bonchev–Trinajstić information content (AvgIpc) is 2.15. The third-order valence-corrected chi connectivity index (χ3v) is 1.51. The Bertz CT molecular complexity index is 245. The van der Waals surface area contributed by atoms with Crippen LogP contribution in [0.5, 0.6) is 0 Å². The van der Waals surface area contributed by atoms with E-state index in [-0.39, 0.29) is 0 Å². The smallest absolute Gasteiger partial charge is 0.450 e. The van der Waals surface area contributed by atoms with Crippen molar-refractivity contribution in [3.05, 3.63) is 30.1 Å². The van der Waals surface area contributed by atoms with E-state index in [0.717, 1.165) is 6.42 Å². The minimum Gasteiger partial charge on any atom is -0.450 e. The Balaban J connectivity index is 0.000000364. The number of unbranched alkanes of at least 4 members (excludes halogenated alkanes) is 1. The minimum absolute atomic E-state index is 1.12. The first-order valence-corrected chi connectivity index (χ1v) is 4.48. The fourth-order valence-electron chi connectivity index (χ4n) is 0.904. The van der Waals surface area contributed by atoms with Gasteiger partial charge in [0.2, 0.25) is 0 Å². The molecule has 1 rings (SSSR count). The molecule has 0 bridgehead atoms. The van der Waals surface area contributed by atoms with Crippen LogP contribution in [0.1, 0.15) is 25.5 Å². The molecule has 4 heteroatoms. The first-order valence-electron chi connectivity index (χ1n) is 4.48. The largest absolute Gasteiger partial charge is 0.503 e. The molecule has 0 atom stereocenters. The maximum absolute atomic E-state index is 8.56. The van der Waals surface area contributed by atoms with Gasteiger partial charge in [-0.05, 0) is 25.0 Å². The van der Waals surface area contributed by atoms with E-state index in [1.165, 1.54) is 18.5 Å². The van der Waals surface area contributed by atoms with Crippen LogP contribution in [-0.2, 0) is 6.42 Å². The molecule has 78 valence electrons. The maximum atomic E-state index is 8.56. The van der Waals surface area contributed by atoms with Crippen molar-refractivity contribution in [3.63, 3.8) is 0 Å². The molecule has 1 heterocycles. The van der Waals surface area contributed by atoms with Crippen molar-refractivity contribution < 1.29 is 15.0 Å². The molecule has 1 aromatic rings. The molecule has 0 fully saturated rings. The Kier molecular flexibility index (Phi) is 7.13. The summed E-state index contributed by atoms with van der Waals surface area (Å²) in [4.78, 5) is 12.8. The highest BCUT2D eigenvalue weighted by atomic mass is 16.6. The van der Waals surface area contributed by atoms with Gasteiger partial charge in [0.15, 0.2) is 0 Å². The molecule has 2 N–H and O–H groups in total. The monoisotopic (exact) mass is 197 g/mol. The van der Waals surface area contributed by atoms with Crippen molar-refractivity contribution in [2.24, 2.45) is 0 Å². The topological polar surface area (TPSA) is 70.4 Å². The van der Waals surface area contributed by atoms with E-state index in [1.807, 2.05) is 18.3 Å². The highest BCUT2D eigenvalue weighted by Crippen LogP contribution is 1.99. The van der Waals surface area contributed by atoms with E-state index < -0.39 is 6.16 Å². The summed E-state index contributed by atoms with van der Waals surface area (Å²) in [6.45, 7) is 2.20. The average molecular weight is 197 g/mol. The first-order chi connectivity index (χ1) is 6.66. The van der Waals surface area contributed by atoms with Crippen LogP contribution in [-0.4, -0.2) is 21.4 Å². The number of hydrogen-bond donors (Lipinski definition) is 2. The van der Waals surface area contributed by atoms with Gasteiger partial charge in [0.25, 0.3) is 0 Å². The zero-order valence-electron chi connectivity index (χ0n) is 8.18. The number of hydrogen-bond acceptors (Lipinski definition) is 2. The second-order valence-electron chi connectivity index (χ2n) is 2.71. The predicted octanol–water partition coefficient (Wildman–Crippen LogP) is 2.65. The number of carboxylic acid groups (broad SMARTS) is 2. The second-order valence-corrected chi connectivity index (χ2v) is 2.71. The summed E-state index contributed by atoms with van der Waals surface area (Å²) in [5.41, 5.74) is 1.21. The Labute approximate surface area is 83.2 Å². The van der Waals surface area contributed by atoms with Crippen molar-refractivity contribution in [2.75, 3.05) is 0 Å². The van der Waals surface area contributed by atoms with Crippen molar-refractivity contribution in [3.8, 4) is 0 Å². The van der Waals surface area contributed by atoms with Crippen LogP contribution in [0.25, 0.3) is 0 Å². The van der Waals surface area contributed by atoms with Gasteiger partial charge in [-0.25, -0.2) is 4.79 Å². The van der Waals surface area contributed by atoms with E-state index in [9.17, 15) is 0 Å². The number of rotatable bonds is 3. The molecule has 0 aliphatic rings. The lowest BCUT2D eigenvalue weighted by Crippen LogP contribution is -1.86. The Morgan fingerprint density at radius 1 is 1.43 bits per heavy atom. The van der Waals surface area contributed by atoms with Crippen molar-refractivity contribution >= 4 is 6.16 Å². The summed E-state index contributed by atoms with van der Waals surface area (Å²) < 4.78 is 0. The summed E-state index contributed by atoms with van der Waals surface area (Å²) in [5, 5.41) is 13.9. The first kappa shape index (κ1) is 12.4. The summed E-state index contributed by atoms with van der Waals surface area (Å²) in [6, 6.07) is 6.07. The van der Waals surface area contributed by atoms with Gasteiger partial charge >= 0.3 is 6.16 Å². The normalized spacial score (nSPS) is 8.64. The van der Waals surface area contributed by atoms with Gasteiger partial charge in [0, 0.05) is 11.9 Å². The van der Waals surface area contributed by atoms with Gasteiger partial charge in [-0.15, -0.1) is 0 Å². The van der Waals surface area contributed by atoms with E-state index in [0.29, 0.717) is 0 Å². The van der Waals surface area contributed by atoms with Gasteiger partial charge in [-0.3, -0.25) is 4.98 Å². The molecule has 0 unspecified atom stereocenters. The third kappa shape index (κ3) is 8.52. The number of aryl methyl sites for hydroxylation is 1. The highest BCUT2D eigenvalue weighted by Gasteiger charge is 1.89. The molecular formula is C10H15NO3. The van der Waals surface area contributed by atoms with Crippen molar-refractivity contribution in [1.82, 2.24) is 4.98 Å². The van der Waals surface area contributed by atoms with Crippen LogP contribution in [0, 0.1) is 0 Å². The van der Waals surface area contributed by atoms with Crippen LogP contribution in [0.4, 0.5) is 4.79 Å². The summed E-state index contributed by atoms with van der Waals surface area (Å²) >= 11 is 0. The molecular weight excluding hydrogens is 182 g/mol. The number of nitrogens with zero attached hydrogens (tertiary/aromatic N) is 1. The molecule has 0 aromatic carbocycles. The molecule has 14 heavy (non-hydrogen) atoms. The zero-order chi connectivity index (χ0) is 10.8. The molecule has 4 nitrogen and oxygen atoms in total. The molecule has 0 aliphatic heterocycles. The molecule has 1 aromatic heterocycles. The Morgan fingerprint density at radius 3 is 2.50 bits per heavy atom. The zero-order valence-corrected chi connectivity index (χ0v) is 8.18. The van der Waals surface area contributed by atoms with Gasteiger partial charge in [-0.2, -0.15) is 0 Å². The maximum Gasteiger partial charge on any atom is 0.503 e. The molecule has 0 saturated carbocycles. The van der Waals surface area contributed by atoms with Crippen LogP contribution in [0.2, 0.25) is 0 Å². The van der Waals surface area contributed by atoms with Crippen molar-refractivity contribution in [2.45, 2.75) is 26.2 Å². The lowest BCUT2D eigenvalue weighted by atomic mass is 10.2. The molecule has 0 aliphatic carbocycles. The van der Waals surface area contributed by atoms with Gasteiger partial charge < -0.3 is 10.2 Å². The number of aromatic nitrogens is 1. The van der Waals surface area contributed by atoms with E-state index in [4.69, 9.17) is 15.0 Å². The molecule has 0 spiro atoms. The van der Waals surface area contributed by atoms with E-state index in [2.05, 4.69) is 18.0 Å². The predicted molar refractivity (Wildman–Crippen MR) is 53.5 cm³/mol. The Hall–Kier alpha value is -1.58. The van der Waals surface area contributed by atoms with Crippen molar-refractivity contribution in [1.29, 1.82) is 0 Å². The summed E-state index contributed by atoms with van der Waals surface area (Å²) in [7, 11) is 0. The lowest BCUT2D eigenvalue weighted by molar-refractivity contribution is 0.137. The SMILES string of the molecule is CCCCc1ccccn1.O=C(O)O. The van der Waals surface area contributed by atoms with E-state index in [1.54, 1.807) is 0 Å². The highest BCUT2D eigenvalue weighted by molar-refractivity contribution is 5.53. The summed E-state index contributed by atoms with van der Waals surface area (Å²) in [5.74, 6) is 0. The second kappa shape index (κ2) is 8.04. The molecule has 0 amide bonds. The van der Waals surface area contributed by atoms with Gasteiger partial charge in [-0.1, -0.05) is 19.4 Å². The van der Waals surface area contributed by atoms with E-state index >= 15 is 0 Å². The fraction of sp³-hybridized carbons (Fsp3) is 0.400. The van der Waals surface area contributed by atoms with Gasteiger partial charge in [0.1, 0.15) is 0 Å². The summed E-state index contributed by atoms with van der Waals surface area (Å²) in [6.07, 6.45) is 3.63. The van der Waals surface area contributed by atoms with Crippen LogP contribution in [0.15, 0.2) is 24.4 Å². The Morgan fingerprint density at radius 2 is 2.07 bits per heavy atom. The quantitative estimate of drug-likeness (QED) is 0.781. The number of carbonyl (C=O) groups is 1. The fourth-order valence-corrected chi connectivity index (χ4v) is 0.904. The molecule has 0 saturated heterocycles. The molecule has 0 radical (unpaired) electrons. The van der Waals surface area contributed by atoms with Gasteiger partial charge in [0.05, 0.1) is 0 Å². The lowest BCUT2D eigenvalue weighted by Gasteiger charge is -1.95.